The highest BCUT2D eigenvalue weighted by atomic mass is 32.2. The van der Waals surface area contributed by atoms with E-state index in [0.29, 0.717) is 25.9 Å². The maximum atomic E-state index is 13.0. The molecule has 2 unspecified atom stereocenters. The highest BCUT2D eigenvalue weighted by molar-refractivity contribution is 7.91. The van der Waals surface area contributed by atoms with Gasteiger partial charge in [-0.2, -0.15) is 0 Å². The van der Waals surface area contributed by atoms with Crippen molar-refractivity contribution in [2.75, 3.05) is 38.7 Å². The summed E-state index contributed by atoms with van der Waals surface area (Å²) in [5.74, 6) is -0.696. The molecule has 7 nitrogen and oxygen atoms in total. The fraction of sp³-hybridized carbons (Fsp3) is 0.611. The van der Waals surface area contributed by atoms with Gasteiger partial charge in [0.1, 0.15) is 0 Å². The van der Waals surface area contributed by atoms with Crippen LogP contribution in [0.5, 0.6) is 11.5 Å². The monoisotopic (exact) mass is 384 g/mol. The summed E-state index contributed by atoms with van der Waals surface area (Å²) in [4.78, 5) is 16.7. The molecular formula is C18H28N2O5S. The molecule has 1 aromatic rings. The molecule has 1 heterocycles. The number of hydrogen-bond donors (Lipinski definition) is 2. The number of hydrogen-bond acceptors (Lipinski definition) is 6. The molecule has 26 heavy (non-hydrogen) atoms. The zero-order chi connectivity index (χ0) is 19.5. The Morgan fingerprint density at radius 3 is 2.46 bits per heavy atom. The average Bonchev–Trinajstić information content (AvgIpc) is 2.90. The van der Waals surface area contributed by atoms with Crippen molar-refractivity contribution >= 4 is 15.7 Å². The van der Waals surface area contributed by atoms with Crippen molar-refractivity contribution in [3.8, 4) is 11.5 Å². The number of likely N-dealkylation sites (N-methyl/N-ethyl adjacent to an activating group) is 1. The first-order valence-corrected chi connectivity index (χ1v) is 10.6. The van der Waals surface area contributed by atoms with Crippen molar-refractivity contribution in [1.29, 1.82) is 0 Å². The number of amides is 1. The van der Waals surface area contributed by atoms with E-state index in [0.717, 1.165) is 5.56 Å². The summed E-state index contributed by atoms with van der Waals surface area (Å²) in [6, 6.07) is 4.24. The molecular weight excluding hydrogens is 356 g/mol. The highest BCUT2D eigenvalue weighted by Gasteiger charge is 2.35. The van der Waals surface area contributed by atoms with E-state index in [2.05, 4.69) is 0 Å². The maximum Gasteiger partial charge on any atom is 0.226 e. The Morgan fingerprint density at radius 2 is 1.92 bits per heavy atom. The van der Waals surface area contributed by atoms with Crippen molar-refractivity contribution in [2.45, 2.75) is 25.8 Å². The second kappa shape index (κ2) is 8.26. The van der Waals surface area contributed by atoms with Gasteiger partial charge in [0.2, 0.25) is 5.91 Å². The van der Waals surface area contributed by atoms with E-state index in [4.69, 9.17) is 0 Å². The van der Waals surface area contributed by atoms with Gasteiger partial charge in [0.25, 0.3) is 0 Å². The van der Waals surface area contributed by atoms with Crippen molar-refractivity contribution in [1.82, 2.24) is 9.80 Å². The molecule has 146 valence electrons. The van der Waals surface area contributed by atoms with Crippen molar-refractivity contribution in [2.24, 2.45) is 5.92 Å². The number of benzene rings is 1. The number of rotatable bonds is 7. The van der Waals surface area contributed by atoms with Gasteiger partial charge in [0, 0.05) is 25.0 Å². The summed E-state index contributed by atoms with van der Waals surface area (Å²) in [6.07, 6.45) is 0.888. The third kappa shape index (κ3) is 5.35. The molecule has 1 aliphatic heterocycles. The molecule has 0 saturated carbocycles. The van der Waals surface area contributed by atoms with Crippen LogP contribution >= 0.6 is 0 Å². The predicted octanol–water partition coefficient (Wildman–Crippen LogP) is 0.854. The van der Waals surface area contributed by atoms with Gasteiger partial charge in [0.15, 0.2) is 21.3 Å². The lowest BCUT2D eigenvalue weighted by Crippen LogP contribution is -2.47. The summed E-state index contributed by atoms with van der Waals surface area (Å²) >= 11 is 0. The lowest BCUT2D eigenvalue weighted by Gasteiger charge is -2.32. The van der Waals surface area contributed by atoms with Gasteiger partial charge in [-0.05, 0) is 44.6 Å². The number of aromatic hydroxyl groups is 2. The Morgan fingerprint density at radius 1 is 1.23 bits per heavy atom. The third-order valence-corrected chi connectivity index (χ3v) is 6.47. The van der Waals surface area contributed by atoms with Crippen LogP contribution in [-0.4, -0.2) is 79.1 Å². The molecule has 2 rings (SSSR count). The molecule has 0 aliphatic carbocycles. The first-order valence-electron chi connectivity index (χ1n) is 8.75. The predicted molar refractivity (Wildman–Crippen MR) is 100.0 cm³/mol. The van der Waals surface area contributed by atoms with E-state index in [-0.39, 0.29) is 40.9 Å². The minimum Gasteiger partial charge on any atom is -0.504 e. The van der Waals surface area contributed by atoms with Crippen LogP contribution in [0.4, 0.5) is 0 Å². The van der Waals surface area contributed by atoms with Gasteiger partial charge < -0.3 is 20.0 Å². The second-order valence-corrected chi connectivity index (χ2v) is 9.55. The normalized spacial score (nSPS) is 20.2. The number of nitrogens with zero attached hydrogens (tertiary/aromatic N) is 2. The number of phenols is 2. The first-order chi connectivity index (χ1) is 12.1. The summed E-state index contributed by atoms with van der Waals surface area (Å²) in [5, 5.41) is 19.0. The van der Waals surface area contributed by atoms with Gasteiger partial charge >= 0.3 is 0 Å². The summed E-state index contributed by atoms with van der Waals surface area (Å²) in [6.45, 7) is 2.95. The average molecular weight is 384 g/mol. The number of carbonyl (C=O) groups excluding carboxylic acids is 1. The largest absolute Gasteiger partial charge is 0.504 e. The van der Waals surface area contributed by atoms with E-state index in [1.165, 1.54) is 12.1 Å². The van der Waals surface area contributed by atoms with Crippen LogP contribution in [0.1, 0.15) is 18.9 Å². The van der Waals surface area contributed by atoms with Crippen LogP contribution in [0.15, 0.2) is 18.2 Å². The molecule has 2 N–H and O–H groups in total. The quantitative estimate of drug-likeness (QED) is 0.677. The van der Waals surface area contributed by atoms with Crippen LogP contribution in [0.25, 0.3) is 0 Å². The van der Waals surface area contributed by atoms with E-state index < -0.39 is 9.84 Å². The topological polar surface area (TPSA) is 98.2 Å². The second-order valence-electron chi connectivity index (χ2n) is 7.32. The SMILES string of the molecule is CC(Cc1ccc(O)c(O)c1)C(=O)N(CCN(C)C)C1CCS(=O)(=O)C1. The van der Waals surface area contributed by atoms with Gasteiger partial charge in [0.05, 0.1) is 11.5 Å². The molecule has 0 bridgehead atoms. The number of phenolic OH excluding ortho intramolecular Hbond substituents is 2. The molecule has 0 radical (unpaired) electrons. The molecule has 1 aliphatic rings. The Bertz CT molecular complexity index is 748. The van der Waals surface area contributed by atoms with Gasteiger partial charge in [-0.15, -0.1) is 0 Å². The maximum absolute atomic E-state index is 13.0. The van der Waals surface area contributed by atoms with Crippen molar-refractivity contribution in [3.63, 3.8) is 0 Å². The van der Waals surface area contributed by atoms with Crippen LogP contribution in [0.2, 0.25) is 0 Å². The lowest BCUT2D eigenvalue weighted by atomic mass is 9.98. The van der Waals surface area contributed by atoms with Gasteiger partial charge in [-0.25, -0.2) is 8.42 Å². The molecule has 0 spiro atoms. The molecule has 8 heteroatoms. The van der Waals surface area contributed by atoms with Gasteiger partial charge in [-0.1, -0.05) is 13.0 Å². The molecule has 1 saturated heterocycles. The third-order valence-electron chi connectivity index (χ3n) is 4.72. The Hall–Kier alpha value is -1.80. The fourth-order valence-corrected chi connectivity index (χ4v) is 4.95. The summed E-state index contributed by atoms with van der Waals surface area (Å²) < 4.78 is 23.7. The van der Waals surface area contributed by atoms with Crippen LogP contribution < -0.4 is 0 Å². The van der Waals surface area contributed by atoms with E-state index in [1.54, 1.807) is 17.9 Å². The minimum absolute atomic E-state index is 0.0267. The van der Waals surface area contributed by atoms with E-state index >= 15 is 0 Å². The smallest absolute Gasteiger partial charge is 0.226 e. The van der Waals surface area contributed by atoms with E-state index in [9.17, 15) is 23.4 Å². The number of sulfone groups is 1. The summed E-state index contributed by atoms with van der Waals surface area (Å²) in [7, 11) is 0.751. The van der Waals surface area contributed by atoms with Crippen LogP contribution in [0, 0.1) is 5.92 Å². The molecule has 1 amide bonds. The van der Waals surface area contributed by atoms with Crippen molar-refractivity contribution < 1.29 is 23.4 Å². The molecule has 1 aromatic carbocycles. The first kappa shape index (κ1) is 20.5. The molecule has 1 fully saturated rings. The van der Waals surface area contributed by atoms with Crippen LogP contribution in [-0.2, 0) is 21.1 Å². The molecule has 2 atom stereocenters. The van der Waals surface area contributed by atoms with Gasteiger partial charge in [-0.3, -0.25) is 4.79 Å². The zero-order valence-electron chi connectivity index (χ0n) is 15.6. The Kier molecular flexibility index (Phi) is 6.52. The Labute approximate surface area is 155 Å². The summed E-state index contributed by atoms with van der Waals surface area (Å²) in [5.41, 5.74) is 0.743. The lowest BCUT2D eigenvalue weighted by molar-refractivity contribution is -0.137. The number of carbonyl (C=O) groups is 1. The molecule has 0 aromatic heterocycles. The van der Waals surface area contributed by atoms with E-state index in [1.807, 2.05) is 19.0 Å². The highest BCUT2D eigenvalue weighted by Crippen LogP contribution is 2.27. The Balaban J connectivity index is 2.11. The zero-order valence-corrected chi connectivity index (χ0v) is 16.4. The van der Waals surface area contributed by atoms with Crippen molar-refractivity contribution in [3.05, 3.63) is 23.8 Å². The standard InChI is InChI=1S/C18H28N2O5S/c1-13(10-14-4-5-16(21)17(22)11-14)18(23)20(8-7-19(2)3)15-6-9-26(24,25)12-15/h4-5,11,13,15,21-22H,6-10,12H2,1-3H3. The van der Waals surface area contributed by atoms with Crippen LogP contribution in [0.3, 0.4) is 0 Å². The minimum atomic E-state index is -3.08. The fourth-order valence-electron chi connectivity index (χ4n) is 3.22.